The van der Waals surface area contributed by atoms with Gasteiger partial charge in [0.2, 0.25) is 5.91 Å². The topological polar surface area (TPSA) is 32.8 Å². The molecule has 0 radical (unpaired) electrons. The lowest BCUT2D eigenvalue weighted by molar-refractivity contribution is -0.131. The van der Waals surface area contributed by atoms with Gasteiger partial charge in [0.05, 0.1) is 12.1 Å². The number of benzene rings is 1. The molecule has 1 fully saturated rings. The van der Waals surface area contributed by atoms with Crippen LogP contribution in [0.3, 0.4) is 0 Å². The van der Waals surface area contributed by atoms with Gasteiger partial charge < -0.3 is 14.5 Å². The Bertz CT molecular complexity index is 695. The number of allylic oxidation sites excluding steroid dienone is 4. The lowest BCUT2D eigenvalue weighted by Gasteiger charge is -2.36. The molecule has 1 aromatic carbocycles. The molecule has 0 N–H and O–H groups in total. The zero-order chi connectivity index (χ0) is 17.8. The van der Waals surface area contributed by atoms with Crippen LogP contribution in [-0.2, 0) is 4.79 Å². The van der Waals surface area contributed by atoms with Crippen molar-refractivity contribution < 1.29 is 9.53 Å². The Kier molecular flexibility index (Phi) is 5.92. The van der Waals surface area contributed by atoms with Crippen LogP contribution in [0.2, 0.25) is 5.02 Å². The maximum atomic E-state index is 12.6. The van der Waals surface area contributed by atoms with Crippen molar-refractivity contribution in [2.45, 2.75) is 12.8 Å². The van der Waals surface area contributed by atoms with Crippen molar-refractivity contribution in [1.82, 2.24) is 4.90 Å². The van der Waals surface area contributed by atoms with E-state index in [-0.39, 0.29) is 11.8 Å². The Hall–Kier alpha value is -1.65. The van der Waals surface area contributed by atoms with E-state index in [4.69, 9.17) is 27.9 Å². The molecular formula is C19H22Cl2N2O2. The monoisotopic (exact) mass is 380 g/mol. The highest BCUT2D eigenvalue weighted by Gasteiger charge is 2.24. The standard InChI is InChI=1S/C19H22Cl2N2O2/c1-25-18-13-15(6-7-17(18)21)22-8-10-23(11-9-22)19(24)12-14-4-2-3-5-16(14)20/h2,4-7,13-14H,3,8-12H2,1H3. The van der Waals surface area contributed by atoms with Gasteiger partial charge in [-0.3, -0.25) is 4.79 Å². The highest BCUT2D eigenvalue weighted by Crippen LogP contribution is 2.30. The molecule has 1 saturated heterocycles. The highest BCUT2D eigenvalue weighted by molar-refractivity contribution is 6.32. The minimum absolute atomic E-state index is 0.0291. The van der Waals surface area contributed by atoms with Crippen LogP contribution in [0, 0.1) is 5.92 Å². The second kappa shape index (κ2) is 8.15. The van der Waals surface area contributed by atoms with E-state index in [2.05, 4.69) is 11.0 Å². The van der Waals surface area contributed by atoms with Crippen molar-refractivity contribution in [1.29, 1.82) is 0 Å². The van der Waals surface area contributed by atoms with Crippen molar-refractivity contribution in [2.24, 2.45) is 5.92 Å². The third kappa shape index (κ3) is 4.31. The zero-order valence-electron chi connectivity index (χ0n) is 14.3. The largest absolute Gasteiger partial charge is 0.495 e. The molecule has 4 nitrogen and oxygen atoms in total. The minimum Gasteiger partial charge on any atom is -0.495 e. The molecule has 1 aliphatic carbocycles. The first-order chi connectivity index (χ1) is 12.1. The molecular weight excluding hydrogens is 359 g/mol. The van der Waals surface area contributed by atoms with Crippen molar-refractivity contribution in [3.63, 3.8) is 0 Å². The molecule has 1 aromatic rings. The van der Waals surface area contributed by atoms with Gasteiger partial charge in [-0.25, -0.2) is 0 Å². The average molecular weight is 381 g/mol. The summed E-state index contributed by atoms with van der Waals surface area (Å²) in [5.41, 5.74) is 1.06. The van der Waals surface area contributed by atoms with E-state index in [1.54, 1.807) is 7.11 Å². The van der Waals surface area contributed by atoms with E-state index in [1.165, 1.54) is 0 Å². The van der Waals surface area contributed by atoms with E-state index < -0.39 is 0 Å². The van der Waals surface area contributed by atoms with Crippen LogP contribution >= 0.6 is 23.2 Å². The molecule has 1 heterocycles. The summed E-state index contributed by atoms with van der Waals surface area (Å²) in [5.74, 6) is 0.862. The van der Waals surface area contributed by atoms with Crippen LogP contribution in [0.4, 0.5) is 5.69 Å². The molecule has 0 spiro atoms. The van der Waals surface area contributed by atoms with Gasteiger partial charge in [-0.05, 0) is 18.6 Å². The number of nitrogens with zero attached hydrogens (tertiary/aromatic N) is 2. The van der Waals surface area contributed by atoms with Crippen LogP contribution in [-0.4, -0.2) is 44.1 Å². The second-order valence-corrected chi connectivity index (χ2v) is 7.09. The fraction of sp³-hybridized carbons (Fsp3) is 0.421. The van der Waals surface area contributed by atoms with Crippen molar-refractivity contribution in [3.8, 4) is 5.75 Å². The van der Waals surface area contributed by atoms with Gasteiger partial charge in [0.25, 0.3) is 0 Å². The second-order valence-electron chi connectivity index (χ2n) is 6.25. The molecule has 1 aliphatic heterocycles. The summed E-state index contributed by atoms with van der Waals surface area (Å²) in [6.45, 7) is 3.00. The molecule has 25 heavy (non-hydrogen) atoms. The first kappa shape index (κ1) is 18.2. The van der Waals surface area contributed by atoms with Crippen molar-refractivity contribution >= 4 is 34.8 Å². The SMILES string of the molecule is COc1cc(N2CCN(C(=O)CC3C=CCC=C3Cl)CC2)ccc1Cl. The summed E-state index contributed by atoms with van der Waals surface area (Å²) in [6, 6.07) is 5.77. The molecule has 0 saturated carbocycles. The van der Waals surface area contributed by atoms with Gasteiger partial charge in [-0.1, -0.05) is 41.4 Å². The smallest absolute Gasteiger partial charge is 0.223 e. The number of hydrogen-bond donors (Lipinski definition) is 0. The van der Waals surface area contributed by atoms with Crippen molar-refractivity contribution in [2.75, 3.05) is 38.2 Å². The lowest BCUT2D eigenvalue weighted by atomic mass is 9.98. The number of halogens is 2. The fourth-order valence-electron chi connectivity index (χ4n) is 3.21. The summed E-state index contributed by atoms with van der Waals surface area (Å²) < 4.78 is 5.28. The number of ether oxygens (including phenoxy) is 1. The minimum atomic E-state index is 0.0291. The summed E-state index contributed by atoms with van der Waals surface area (Å²) in [4.78, 5) is 16.7. The molecule has 0 aromatic heterocycles. The molecule has 0 bridgehead atoms. The van der Waals surface area contributed by atoms with Gasteiger partial charge in [-0.15, -0.1) is 0 Å². The van der Waals surface area contributed by atoms with Crippen LogP contribution in [0.15, 0.2) is 41.5 Å². The maximum Gasteiger partial charge on any atom is 0.223 e. The summed E-state index contributed by atoms with van der Waals surface area (Å²) in [5, 5.41) is 1.38. The van der Waals surface area contributed by atoms with E-state index in [0.717, 1.165) is 30.2 Å². The predicted molar refractivity (Wildman–Crippen MR) is 103 cm³/mol. The van der Waals surface area contributed by atoms with E-state index in [0.29, 0.717) is 30.3 Å². The van der Waals surface area contributed by atoms with Crippen LogP contribution in [0.1, 0.15) is 12.8 Å². The molecule has 1 amide bonds. The van der Waals surface area contributed by atoms with Crippen LogP contribution in [0.25, 0.3) is 0 Å². The number of methoxy groups -OCH3 is 1. The third-order valence-corrected chi connectivity index (χ3v) is 5.45. The number of anilines is 1. The van der Waals surface area contributed by atoms with E-state index >= 15 is 0 Å². The highest BCUT2D eigenvalue weighted by atomic mass is 35.5. The number of rotatable bonds is 4. The predicted octanol–water partition coefficient (Wildman–Crippen LogP) is 4.09. The lowest BCUT2D eigenvalue weighted by Crippen LogP contribution is -2.49. The van der Waals surface area contributed by atoms with Gasteiger partial charge in [-0.2, -0.15) is 0 Å². The van der Waals surface area contributed by atoms with Crippen molar-refractivity contribution in [3.05, 3.63) is 46.5 Å². The number of piperazine rings is 1. The van der Waals surface area contributed by atoms with Gasteiger partial charge in [0.15, 0.2) is 0 Å². The summed E-state index contributed by atoms with van der Waals surface area (Å²) in [6.07, 6.45) is 7.38. The van der Waals surface area contributed by atoms with Gasteiger partial charge >= 0.3 is 0 Å². The summed E-state index contributed by atoms with van der Waals surface area (Å²) >= 11 is 12.3. The van der Waals surface area contributed by atoms with Crippen LogP contribution in [0.5, 0.6) is 5.75 Å². The number of amides is 1. The zero-order valence-corrected chi connectivity index (χ0v) is 15.8. The Balaban J connectivity index is 1.56. The maximum absolute atomic E-state index is 12.6. The Labute approximate surface area is 158 Å². The molecule has 2 aliphatic rings. The molecule has 1 unspecified atom stereocenters. The fourth-order valence-corrected chi connectivity index (χ4v) is 3.64. The van der Waals surface area contributed by atoms with E-state index in [9.17, 15) is 4.79 Å². The first-order valence-corrected chi connectivity index (χ1v) is 9.22. The Morgan fingerprint density at radius 3 is 2.68 bits per heavy atom. The first-order valence-electron chi connectivity index (χ1n) is 8.47. The number of hydrogen-bond acceptors (Lipinski definition) is 3. The third-order valence-electron chi connectivity index (χ3n) is 4.70. The number of carbonyl (C=O) groups is 1. The normalized spacial score (nSPS) is 20.4. The average Bonchev–Trinajstić information content (AvgIpc) is 2.64. The quantitative estimate of drug-likeness (QED) is 0.737. The molecule has 134 valence electrons. The number of carbonyl (C=O) groups excluding carboxylic acids is 1. The summed E-state index contributed by atoms with van der Waals surface area (Å²) in [7, 11) is 1.61. The Morgan fingerprint density at radius 1 is 1.24 bits per heavy atom. The molecule has 6 heteroatoms. The van der Waals surface area contributed by atoms with Gasteiger partial charge in [0.1, 0.15) is 5.75 Å². The molecule has 3 rings (SSSR count). The molecule has 1 atom stereocenters. The van der Waals surface area contributed by atoms with Crippen LogP contribution < -0.4 is 9.64 Å². The Morgan fingerprint density at radius 2 is 2.00 bits per heavy atom. The van der Waals surface area contributed by atoms with E-state index in [1.807, 2.05) is 35.3 Å². The van der Waals surface area contributed by atoms with Gasteiger partial charge in [0, 0.05) is 55.3 Å².